The van der Waals surface area contributed by atoms with Crippen LogP contribution in [0.4, 0.5) is 0 Å². The van der Waals surface area contributed by atoms with Gasteiger partial charge in [-0.2, -0.15) is 0 Å². The predicted octanol–water partition coefficient (Wildman–Crippen LogP) is 2.31. The van der Waals surface area contributed by atoms with Crippen molar-refractivity contribution in [3.05, 3.63) is 64.4 Å². The fourth-order valence-electron chi connectivity index (χ4n) is 2.10. The molecule has 0 saturated carbocycles. The molecule has 2 rings (SSSR count). The minimum absolute atomic E-state index is 0.120. The molecule has 1 heterocycles. The second-order valence-corrected chi connectivity index (χ2v) is 5.52. The topological polar surface area (TPSA) is 53.4 Å². The molecule has 2 aromatic rings. The molecule has 2 N–H and O–H groups in total. The summed E-state index contributed by atoms with van der Waals surface area (Å²) >= 11 is 3.34. The molecule has 0 fully saturated rings. The Hall–Kier alpha value is -1.23. The molecule has 0 radical (unpaired) electrons. The van der Waals surface area contributed by atoms with Gasteiger partial charge < -0.3 is 10.2 Å². The molecule has 0 spiro atoms. The Morgan fingerprint density at radius 2 is 1.68 bits per heavy atom. The van der Waals surface area contributed by atoms with Crippen LogP contribution in [0.25, 0.3) is 0 Å². The second kappa shape index (κ2) is 6.28. The molecular formula is C15H16BrNO2. The Bertz CT molecular complexity index is 509. The van der Waals surface area contributed by atoms with Gasteiger partial charge in [0.2, 0.25) is 0 Å². The third-order valence-electron chi connectivity index (χ3n) is 3.30. The van der Waals surface area contributed by atoms with Crippen LogP contribution in [-0.2, 0) is 11.8 Å². The van der Waals surface area contributed by atoms with Crippen molar-refractivity contribution in [2.45, 2.75) is 11.8 Å². The van der Waals surface area contributed by atoms with E-state index in [-0.39, 0.29) is 13.2 Å². The Labute approximate surface area is 121 Å². The predicted molar refractivity (Wildman–Crippen MR) is 77.9 cm³/mol. The summed E-state index contributed by atoms with van der Waals surface area (Å²) in [4.78, 5) is 4.32. The summed E-state index contributed by atoms with van der Waals surface area (Å²) in [5, 5.41) is 19.5. The molecule has 0 aliphatic heterocycles. The number of benzene rings is 1. The van der Waals surface area contributed by atoms with E-state index >= 15 is 0 Å². The van der Waals surface area contributed by atoms with Crippen molar-refractivity contribution in [2.24, 2.45) is 0 Å². The smallest absolute Gasteiger partial charge is 0.0553 e. The molecule has 100 valence electrons. The van der Waals surface area contributed by atoms with Crippen molar-refractivity contribution in [3.63, 3.8) is 0 Å². The molecule has 0 atom stereocenters. The van der Waals surface area contributed by atoms with Crippen LogP contribution in [0.3, 0.4) is 0 Å². The van der Waals surface area contributed by atoms with E-state index in [1.807, 2.05) is 42.5 Å². The van der Waals surface area contributed by atoms with Gasteiger partial charge in [0, 0.05) is 28.2 Å². The first-order chi connectivity index (χ1) is 9.20. The summed E-state index contributed by atoms with van der Waals surface area (Å²) in [5.41, 5.74) is 1.07. The molecule has 0 aliphatic carbocycles. The largest absolute Gasteiger partial charge is 0.395 e. The number of nitrogens with zero attached hydrogens (tertiary/aromatic N) is 1. The van der Waals surface area contributed by atoms with E-state index in [1.165, 1.54) is 0 Å². The maximum atomic E-state index is 9.75. The molecule has 0 bridgehead atoms. The van der Waals surface area contributed by atoms with E-state index in [0.717, 1.165) is 15.7 Å². The fourth-order valence-corrected chi connectivity index (χ4v) is 2.33. The third-order valence-corrected chi connectivity index (χ3v) is 3.77. The molecule has 0 aliphatic rings. The Morgan fingerprint density at radius 1 is 1.00 bits per heavy atom. The minimum atomic E-state index is -0.692. The monoisotopic (exact) mass is 321 g/mol. The summed E-state index contributed by atoms with van der Waals surface area (Å²) in [7, 11) is 0. The van der Waals surface area contributed by atoms with Crippen LogP contribution in [-0.4, -0.2) is 28.4 Å². The van der Waals surface area contributed by atoms with Crippen molar-refractivity contribution >= 4 is 15.9 Å². The van der Waals surface area contributed by atoms with Crippen molar-refractivity contribution in [3.8, 4) is 0 Å². The van der Waals surface area contributed by atoms with Gasteiger partial charge in [-0.1, -0.05) is 30.3 Å². The van der Waals surface area contributed by atoms with E-state index in [4.69, 9.17) is 0 Å². The Balaban J connectivity index is 2.32. The molecule has 1 aromatic heterocycles. The van der Waals surface area contributed by atoms with Crippen LogP contribution in [0, 0.1) is 0 Å². The molecule has 0 saturated heterocycles. The molecule has 1 aromatic carbocycles. The zero-order chi connectivity index (χ0) is 13.7. The molecule has 4 heteroatoms. The van der Waals surface area contributed by atoms with Gasteiger partial charge in [-0.15, -0.1) is 0 Å². The van der Waals surface area contributed by atoms with Gasteiger partial charge in [0.15, 0.2) is 0 Å². The highest BCUT2D eigenvalue weighted by Crippen LogP contribution is 2.27. The van der Waals surface area contributed by atoms with Crippen LogP contribution >= 0.6 is 15.9 Å². The lowest BCUT2D eigenvalue weighted by Gasteiger charge is -2.30. The minimum Gasteiger partial charge on any atom is -0.395 e. The van der Waals surface area contributed by atoms with Gasteiger partial charge in [0.1, 0.15) is 0 Å². The van der Waals surface area contributed by atoms with Gasteiger partial charge in [-0.25, -0.2) is 0 Å². The average Bonchev–Trinajstić information content (AvgIpc) is 2.48. The van der Waals surface area contributed by atoms with Crippen molar-refractivity contribution in [1.29, 1.82) is 0 Å². The van der Waals surface area contributed by atoms with Gasteiger partial charge in [0.25, 0.3) is 0 Å². The van der Waals surface area contributed by atoms with Crippen LogP contribution in [0.5, 0.6) is 0 Å². The molecule has 19 heavy (non-hydrogen) atoms. The lowest BCUT2D eigenvalue weighted by molar-refractivity contribution is 0.115. The number of hydrogen-bond acceptors (Lipinski definition) is 3. The van der Waals surface area contributed by atoms with Crippen LogP contribution < -0.4 is 0 Å². The second-order valence-electron chi connectivity index (χ2n) is 4.61. The van der Waals surface area contributed by atoms with E-state index in [0.29, 0.717) is 6.42 Å². The summed E-state index contributed by atoms with van der Waals surface area (Å²) in [6, 6.07) is 13.4. The quantitative estimate of drug-likeness (QED) is 0.888. The number of pyridine rings is 1. The number of halogens is 1. The highest BCUT2D eigenvalue weighted by atomic mass is 79.9. The summed E-state index contributed by atoms with van der Waals surface area (Å²) in [6.07, 6.45) is 2.22. The number of hydrogen-bond donors (Lipinski definition) is 2. The van der Waals surface area contributed by atoms with E-state index in [2.05, 4.69) is 20.9 Å². The van der Waals surface area contributed by atoms with E-state index in [1.54, 1.807) is 6.20 Å². The maximum Gasteiger partial charge on any atom is 0.0553 e. The Morgan fingerprint density at radius 3 is 2.21 bits per heavy atom. The van der Waals surface area contributed by atoms with Crippen LogP contribution in [0.2, 0.25) is 0 Å². The summed E-state index contributed by atoms with van der Waals surface area (Å²) in [6.45, 7) is -0.240. The van der Waals surface area contributed by atoms with Gasteiger partial charge in [-0.3, -0.25) is 4.98 Å². The lowest BCUT2D eigenvalue weighted by Crippen LogP contribution is -2.37. The summed E-state index contributed by atoms with van der Waals surface area (Å²) in [5.74, 6) is 0. The lowest BCUT2D eigenvalue weighted by atomic mass is 9.78. The van der Waals surface area contributed by atoms with Gasteiger partial charge >= 0.3 is 0 Å². The van der Waals surface area contributed by atoms with Gasteiger partial charge in [-0.05, 0) is 33.6 Å². The van der Waals surface area contributed by atoms with E-state index < -0.39 is 5.41 Å². The standard InChI is InChI=1S/C15H16BrNO2/c16-13-6-7-14(17-9-13)8-15(10-18,11-19)12-4-2-1-3-5-12/h1-7,9,18-19H,8,10-11H2. The van der Waals surface area contributed by atoms with Gasteiger partial charge in [0.05, 0.1) is 13.2 Å². The molecule has 3 nitrogen and oxygen atoms in total. The molecular weight excluding hydrogens is 306 g/mol. The van der Waals surface area contributed by atoms with Crippen molar-refractivity contribution in [2.75, 3.05) is 13.2 Å². The number of rotatable bonds is 5. The number of aliphatic hydroxyl groups excluding tert-OH is 2. The van der Waals surface area contributed by atoms with Crippen molar-refractivity contribution in [1.82, 2.24) is 4.98 Å². The molecule has 0 amide bonds. The number of aliphatic hydroxyl groups is 2. The van der Waals surface area contributed by atoms with Crippen LogP contribution in [0.15, 0.2) is 53.1 Å². The zero-order valence-corrected chi connectivity index (χ0v) is 12.0. The first-order valence-electron chi connectivity index (χ1n) is 6.08. The maximum absolute atomic E-state index is 9.75. The normalized spacial score (nSPS) is 11.5. The first-order valence-corrected chi connectivity index (χ1v) is 6.87. The SMILES string of the molecule is OCC(CO)(Cc1ccc(Br)cn1)c1ccccc1. The highest BCUT2D eigenvalue weighted by molar-refractivity contribution is 9.10. The average molecular weight is 322 g/mol. The summed E-state index contributed by atoms with van der Waals surface area (Å²) < 4.78 is 0.912. The Kier molecular flexibility index (Phi) is 4.69. The zero-order valence-electron chi connectivity index (χ0n) is 10.5. The van der Waals surface area contributed by atoms with Crippen molar-refractivity contribution < 1.29 is 10.2 Å². The number of aromatic nitrogens is 1. The third kappa shape index (κ3) is 3.21. The van der Waals surface area contributed by atoms with Crippen LogP contribution in [0.1, 0.15) is 11.3 Å². The molecule has 0 unspecified atom stereocenters. The highest BCUT2D eigenvalue weighted by Gasteiger charge is 2.31. The first kappa shape index (κ1) is 14.2. The fraction of sp³-hybridized carbons (Fsp3) is 0.267. The van der Waals surface area contributed by atoms with E-state index in [9.17, 15) is 10.2 Å².